The zero-order chi connectivity index (χ0) is 28.9. The van der Waals surface area contributed by atoms with Crippen LogP contribution in [0.15, 0.2) is 71.5 Å². The van der Waals surface area contributed by atoms with Gasteiger partial charge in [0.05, 0.1) is 35.8 Å². The van der Waals surface area contributed by atoms with E-state index in [2.05, 4.69) is 4.90 Å². The molecule has 0 bridgehead atoms. The maximum Gasteiger partial charge on any atom is 0.266 e. The number of hydrogen-bond acceptors (Lipinski definition) is 7. The molecule has 0 spiro atoms. The Morgan fingerprint density at radius 2 is 1.73 bits per heavy atom. The summed E-state index contributed by atoms with van der Waals surface area (Å²) in [6.07, 6.45) is -0.0784. The Morgan fingerprint density at radius 1 is 1.00 bits per heavy atom. The van der Waals surface area contributed by atoms with Crippen LogP contribution in [0.2, 0.25) is 0 Å². The number of aryl methyl sites for hydroxylation is 1. The minimum absolute atomic E-state index is 0.00268. The van der Waals surface area contributed by atoms with Crippen LogP contribution in [-0.2, 0) is 17.9 Å². The summed E-state index contributed by atoms with van der Waals surface area (Å²) < 4.78 is 13.4. The standard InChI is InChI=1S/C32H36N4O5/c1-22(2)41-29-7-5-4-6-28(29)36-30(33-27-13-10-24(20-37)18-26(27)32(36)39)19-34-14-16-35(17-15-34)31(38)21-40-25-11-8-23(3)9-12-25/h4-13,18,22,37H,14-17,19-21H2,1-3H3. The minimum atomic E-state index is -0.220. The van der Waals surface area contributed by atoms with E-state index in [1.54, 1.807) is 22.8 Å². The second-order valence-corrected chi connectivity index (χ2v) is 10.6. The van der Waals surface area contributed by atoms with Gasteiger partial charge in [0.1, 0.15) is 17.3 Å². The number of carbonyl (C=O) groups excluding carboxylic acids is 1. The van der Waals surface area contributed by atoms with Crippen LogP contribution >= 0.6 is 0 Å². The third-order valence-electron chi connectivity index (χ3n) is 7.13. The van der Waals surface area contributed by atoms with Crippen LogP contribution in [0.5, 0.6) is 11.5 Å². The fraction of sp³-hybridized carbons (Fsp3) is 0.344. The van der Waals surface area contributed by atoms with E-state index in [1.807, 2.05) is 74.2 Å². The molecule has 0 atom stereocenters. The molecule has 1 fully saturated rings. The third kappa shape index (κ3) is 6.58. The van der Waals surface area contributed by atoms with Crippen LogP contribution in [-0.4, -0.2) is 69.3 Å². The number of ether oxygens (including phenoxy) is 2. The van der Waals surface area contributed by atoms with Gasteiger partial charge in [-0.3, -0.25) is 19.1 Å². The number of fused-ring (bicyclic) bond motifs is 1. The maximum atomic E-state index is 13.9. The van der Waals surface area contributed by atoms with E-state index in [9.17, 15) is 14.7 Å². The van der Waals surface area contributed by atoms with Gasteiger partial charge in [0.2, 0.25) is 0 Å². The van der Waals surface area contributed by atoms with Crippen molar-refractivity contribution in [2.45, 2.75) is 40.0 Å². The number of aliphatic hydroxyl groups is 1. The van der Waals surface area contributed by atoms with E-state index in [0.717, 1.165) is 5.56 Å². The van der Waals surface area contributed by atoms with Gasteiger partial charge in [-0.2, -0.15) is 0 Å². The molecule has 5 rings (SSSR count). The van der Waals surface area contributed by atoms with Gasteiger partial charge in [-0.25, -0.2) is 4.98 Å². The highest BCUT2D eigenvalue weighted by Gasteiger charge is 2.24. The van der Waals surface area contributed by atoms with Crippen molar-refractivity contribution in [1.82, 2.24) is 19.4 Å². The summed E-state index contributed by atoms with van der Waals surface area (Å²) in [4.78, 5) is 35.7. The van der Waals surface area contributed by atoms with E-state index < -0.39 is 0 Å². The summed E-state index contributed by atoms with van der Waals surface area (Å²) in [5, 5.41) is 10.1. The van der Waals surface area contributed by atoms with Gasteiger partial charge in [-0.05, 0) is 62.7 Å². The van der Waals surface area contributed by atoms with Crippen molar-refractivity contribution in [1.29, 1.82) is 0 Å². The monoisotopic (exact) mass is 556 g/mol. The van der Waals surface area contributed by atoms with Crippen LogP contribution < -0.4 is 15.0 Å². The zero-order valence-corrected chi connectivity index (χ0v) is 23.7. The Balaban J connectivity index is 1.37. The van der Waals surface area contributed by atoms with Gasteiger partial charge in [-0.1, -0.05) is 35.9 Å². The van der Waals surface area contributed by atoms with Gasteiger partial charge in [0.25, 0.3) is 11.5 Å². The van der Waals surface area contributed by atoms with Crippen molar-refractivity contribution in [3.63, 3.8) is 0 Å². The summed E-state index contributed by atoms with van der Waals surface area (Å²) in [6, 6.07) is 20.4. The SMILES string of the molecule is Cc1ccc(OCC(=O)N2CCN(Cc3nc4ccc(CO)cc4c(=O)n3-c3ccccc3OC(C)C)CC2)cc1. The van der Waals surface area contributed by atoms with Crippen LogP contribution in [0.25, 0.3) is 16.6 Å². The molecular formula is C32H36N4O5. The van der Waals surface area contributed by atoms with Crippen molar-refractivity contribution in [3.8, 4) is 17.2 Å². The fourth-order valence-corrected chi connectivity index (χ4v) is 4.95. The molecule has 1 aromatic heterocycles. The number of hydrogen-bond donors (Lipinski definition) is 1. The molecule has 1 aliphatic rings. The second kappa shape index (κ2) is 12.5. The average molecular weight is 557 g/mol. The Morgan fingerprint density at radius 3 is 2.44 bits per heavy atom. The number of aromatic nitrogens is 2. The van der Waals surface area contributed by atoms with Crippen LogP contribution in [0.4, 0.5) is 0 Å². The normalized spacial score (nSPS) is 14.0. The number of aliphatic hydroxyl groups excluding tert-OH is 1. The topological polar surface area (TPSA) is 97.1 Å². The van der Waals surface area contributed by atoms with Gasteiger partial charge >= 0.3 is 0 Å². The lowest BCUT2D eigenvalue weighted by Gasteiger charge is -2.34. The van der Waals surface area contributed by atoms with Crippen LogP contribution in [0.3, 0.4) is 0 Å². The van der Waals surface area contributed by atoms with Gasteiger partial charge < -0.3 is 19.5 Å². The summed E-state index contributed by atoms with van der Waals surface area (Å²) in [5.74, 6) is 1.80. The largest absolute Gasteiger partial charge is 0.489 e. The quantitative estimate of drug-likeness (QED) is 0.336. The molecule has 1 amide bonds. The predicted octanol–water partition coefficient (Wildman–Crippen LogP) is 3.70. The van der Waals surface area contributed by atoms with Gasteiger partial charge in [-0.15, -0.1) is 0 Å². The maximum absolute atomic E-state index is 13.9. The molecule has 0 saturated carbocycles. The summed E-state index contributed by atoms with van der Waals surface area (Å²) >= 11 is 0. The predicted molar refractivity (Wildman–Crippen MR) is 158 cm³/mol. The smallest absolute Gasteiger partial charge is 0.266 e. The highest BCUT2D eigenvalue weighted by molar-refractivity contribution is 5.79. The first-order valence-corrected chi connectivity index (χ1v) is 13.9. The molecule has 0 unspecified atom stereocenters. The molecule has 0 radical (unpaired) electrons. The average Bonchev–Trinajstić information content (AvgIpc) is 2.97. The highest BCUT2D eigenvalue weighted by Crippen LogP contribution is 2.25. The van der Waals surface area contributed by atoms with E-state index in [4.69, 9.17) is 14.5 Å². The number of carbonyl (C=O) groups is 1. The van der Waals surface area contributed by atoms with Crippen molar-refractivity contribution in [3.05, 3.63) is 94.0 Å². The summed E-state index contributed by atoms with van der Waals surface area (Å²) in [5.41, 5.74) is 2.75. The van der Waals surface area contributed by atoms with E-state index in [-0.39, 0.29) is 30.8 Å². The molecule has 4 aromatic rings. The van der Waals surface area contributed by atoms with Crippen molar-refractivity contribution in [2.75, 3.05) is 32.8 Å². The molecule has 3 aromatic carbocycles. The number of benzene rings is 3. The lowest BCUT2D eigenvalue weighted by Crippen LogP contribution is -2.50. The molecule has 1 N–H and O–H groups in total. The second-order valence-electron chi connectivity index (χ2n) is 10.6. The molecule has 1 aliphatic heterocycles. The molecule has 9 nitrogen and oxygen atoms in total. The molecule has 214 valence electrons. The number of piperazine rings is 1. The Kier molecular flexibility index (Phi) is 8.66. The number of para-hydroxylation sites is 2. The van der Waals surface area contributed by atoms with E-state index in [1.165, 1.54) is 0 Å². The zero-order valence-electron chi connectivity index (χ0n) is 23.7. The first kappa shape index (κ1) is 28.3. The Labute approximate surface area is 239 Å². The molecule has 9 heteroatoms. The lowest BCUT2D eigenvalue weighted by molar-refractivity contribution is -0.135. The first-order valence-electron chi connectivity index (χ1n) is 13.9. The Bertz CT molecular complexity index is 1570. The van der Waals surface area contributed by atoms with Crippen LogP contribution in [0.1, 0.15) is 30.8 Å². The molecule has 1 saturated heterocycles. The molecular weight excluding hydrogens is 520 g/mol. The minimum Gasteiger partial charge on any atom is -0.489 e. The molecule has 41 heavy (non-hydrogen) atoms. The molecule has 2 heterocycles. The summed E-state index contributed by atoms with van der Waals surface area (Å²) in [6.45, 7) is 8.54. The van der Waals surface area contributed by atoms with Crippen molar-refractivity contribution < 1.29 is 19.4 Å². The third-order valence-corrected chi connectivity index (χ3v) is 7.13. The highest BCUT2D eigenvalue weighted by atomic mass is 16.5. The first-order chi connectivity index (χ1) is 19.8. The number of nitrogens with zero attached hydrogens (tertiary/aromatic N) is 4. The lowest BCUT2D eigenvalue weighted by atomic mass is 10.1. The Hall–Kier alpha value is -4.21. The molecule has 0 aliphatic carbocycles. The fourth-order valence-electron chi connectivity index (χ4n) is 4.95. The van der Waals surface area contributed by atoms with Crippen molar-refractivity contribution >= 4 is 16.8 Å². The number of amides is 1. The summed E-state index contributed by atoms with van der Waals surface area (Å²) in [7, 11) is 0. The van der Waals surface area contributed by atoms with E-state index in [0.29, 0.717) is 72.2 Å². The van der Waals surface area contributed by atoms with Gasteiger partial charge in [0, 0.05) is 26.2 Å². The van der Waals surface area contributed by atoms with Crippen molar-refractivity contribution in [2.24, 2.45) is 0 Å². The van der Waals surface area contributed by atoms with E-state index >= 15 is 0 Å². The van der Waals surface area contributed by atoms with Crippen LogP contribution in [0, 0.1) is 6.92 Å². The number of rotatable bonds is 9. The van der Waals surface area contributed by atoms with Gasteiger partial charge in [0.15, 0.2) is 6.61 Å².